The van der Waals surface area contributed by atoms with Crippen molar-refractivity contribution in [2.45, 2.75) is 66.5 Å². The fourth-order valence-electron chi connectivity index (χ4n) is 6.21. The van der Waals surface area contributed by atoms with Gasteiger partial charge in [0, 0.05) is 42.0 Å². The fraction of sp³-hybridized carbons (Fsp3) is 0.239. The second-order valence-corrected chi connectivity index (χ2v) is 20.3. The second-order valence-electron chi connectivity index (χ2n) is 15.3. The molecule has 0 aliphatic carbocycles. The molecular weight excluding hydrogens is 865 g/mol. The van der Waals surface area contributed by atoms with Crippen LogP contribution in [0, 0.1) is 17.5 Å². The van der Waals surface area contributed by atoms with Gasteiger partial charge in [-0.2, -0.15) is 5.26 Å². The van der Waals surface area contributed by atoms with E-state index in [4.69, 9.17) is 13.8 Å². The van der Waals surface area contributed by atoms with Gasteiger partial charge in [0.05, 0.1) is 19.2 Å². The van der Waals surface area contributed by atoms with Crippen LogP contribution >= 0.6 is 0 Å². The van der Waals surface area contributed by atoms with E-state index in [2.05, 4.69) is 52.7 Å². The van der Waals surface area contributed by atoms with Crippen molar-refractivity contribution in [2.75, 3.05) is 0 Å². The van der Waals surface area contributed by atoms with Crippen LogP contribution in [0.2, 0.25) is 19.6 Å². The van der Waals surface area contributed by atoms with E-state index in [9.17, 15) is 4.79 Å². The summed E-state index contributed by atoms with van der Waals surface area (Å²) in [5.74, 6) is -1.42. The first-order chi connectivity index (χ1) is 26.3. The number of aromatic nitrogens is 2. The molecule has 0 bridgehead atoms. The molecule has 3 heterocycles. The third-order valence-corrected chi connectivity index (χ3v) is 10.8. The smallest absolute Gasteiger partial charge is 0.372 e. The van der Waals surface area contributed by atoms with Crippen LogP contribution in [0.4, 0.5) is 0 Å². The zero-order valence-corrected chi connectivity index (χ0v) is 35.2. The van der Waals surface area contributed by atoms with Crippen LogP contribution in [0.15, 0.2) is 114 Å². The van der Waals surface area contributed by atoms with Crippen molar-refractivity contribution in [3.05, 3.63) is 138 Å². The molecule has 6 nitrogen and oxygen atoms in total. The van der Waals surface area contributed by atoms with E-state index in [-0.39, 0.29) is 25.7 Å². The Labute approximate surface area is 337 Å². The second kappa shape index (κ2) is 16.7. The average molecular weight is 914 g/mol. The molecule has 0 spiro atoms. The number of pyridine rings is 2. The van der Waals surface area contributed by atoms with Gasteiger partial charge < -0.3 is 14.4 Å². The number of nitrogens with zero attached hydrogens (tertiary/aromatic N) is 2. The minimum Gasteiger partial charge on any atom is -0.501 e. The molecule has 0 atom stereocenters. The standard InChI is InChI=1S/C29H24NO4.C17H22NSi.Ir/c1-29(2,3)17-18-13-14-30-25(15-18)23-6-4-5-22-24-16-21(11-12-26(24)33-27(22)23)19-7-9-20(10-8-19)28(31)34-32;1-13(2)15-11-16(14-9-7-6-8-10-14)18-12-17(15)19(3,4)5;/h4-5,7-16,32H,17H2,1-3H3;6-9,11-13H,1-5H3;/q2*-1;/i17D2;13D;. The van der Waals surface area contributed by atoms with Crippen LogP contribution in [0.25, 0.3) is 55.6 Å². The van der Waals surface area contributed by atoms with Gasteiger partial charge in [-0.05, 0) is 75.7 Å². The summed E-state index contributed by atoms with van der Waals surface area (Å²) in [6, 6.07) is 36.2. The van der Waals surface area contributed by atoms with E-state index in [1.54, 1.807) is 42.6 Å². The molecule has 1 N–H and O–H groups in total. The predicted molar refractivity (Wildman–Crippen MR) is 218 cm³/mol. The minimum absolute atomic E-state index is 0. The van der Waals surface area contributed by atoms with Gasteiger partial charge in [0.2, 0.25) is 0 Å². The fourth-order valence-corrected chi connectivity index (χ4v) is 7.79. The third kappa shape index (κ3) is 9.31. The van der Waals surface area contributed by atoms with Crippen LogP contribution in [-0.2, 0) is 31.4 Å². The Morgan fingerprint density at radius 2 is 1.65 bits per heavy atom. The summed E-state index contributed by atoms with van der Waals surface area (Å²) in [6.07, 6.45) is 2.05. The van der Waals surface area contributed by atoms with Gasteiger partial charge in [0.25, 0.3) is 0 Å². The van der Waals surface area contributed by atoms with Crippen LogP contribution in [0.1, 0.15) is 66.1 Å². The third-order valence-electron chi connectivity index (χ3n) is 8.74. The predicted octanol–water partition coefficient (Wildman–Crippen LogP) is 11.5. The van der Waals surface area contributed by atoms with Crippen molar-refractivity contribution in [3.63, 3.8) is 0 Å². The van der Waals surface area contributed by atoms with E-state index in [0.717, 1.165) is 38.7 Å². The van der Waals surface area contributed by atoms with Gasteiger partial charge in [0.15, 0.2) is 0 Å². The zero-order valence-electron chi connectivity index (χ0n) is 34.8. The Morgan fingerprint density at radius 3 is 2.30 bits per heavy atom. The molecule has 0 amide bonds. The first-order valence-electron chi connectivity index (χ1n) is 19.1. The summed E-state index contributed by atoms with van der Waals surface area (Å²) in [7, 11) is -1.50. The number of hydrogen-bond acceptors (Lipinski definition) is 6. The van der Waals surface area contributed by atoms with Gasteiger partial charge in [-0.3, -0.25) is 4.89 Å². The molecule has 3 aromatic heterocycles. The molecule has 7 rings (SSSR count). The zero-order chi connectivity index (χ0) is 40.6. The number of furan rings is 1. The summed E-state index contributed by atoms with van der Waals surface area (Å²) < 4.78 is 32.0. The van der Waals surface area contributed by atoms with Crippen molar-refractivity contribution in [1.29, 1.82) is 0 Å². The number of carbonyl (C=O) groups excluding carboxylic acids is 1. The van der Waals surface area contributed by atoms with Crippen LogP contribution < -0.4 is 5.19 Å². The van der Waals surface area contributed by atoms with E-state index in [1.165, 1.54) is 5.19 Å². The molecule has 279 valence electrons. The molecular formula is C46H46IrN2O4Si-2. The van der Waals surface area contributed by atoms with E-state index in [0.29, 0.717) is 28.0 Å². The Balaban J connectivity index is 0.000000251. The summed E-state index contributed by atoms with van der Waals surface area (Å²) in [6.45, 7) is 16.4. The summed E-state index contributed by atoms with van der Waals surface area (Å²) in [5.41, 5.74) is 7.63. The van der Waals surface area contributed by atoms with E-state index >= 15 is 0 Å². The normalized spacial score (nSPS) is 12.9. The maximum atomic E-state index is 11.5. The van der Waals surface area contributed by atoms with Crippen molar-refractivity contribution in [2.24, 2.45) is 5.41 Å². The van der Waals surface area contributed by atoms with Crippen molar-refractivity contribution < 1.29 is 43.6 Å². The molecule has 0 unspecified atom stereocenters. The Kier molecular flexibility index (Phi) is 11.2. The first-order valence-corrected chi connectivity index (χ1v) is 21.1. The SMILES string of the molecule is [2H]C(C)(C)c1cc(-c2[c-]cccc2)ncc1[Si](C)(C)C.[2H]C([2H])(c1ccnc(-c2[c-]ccc3c2oc2ccc(-c4ccc(C(=O)OO)cc4)cc23)c1)C(C)(C)C.[Ir]. The van der Waals surface area contributed by atoms with Crippen molar-refractivity contribution in [3.8, 4) is 33.6 Å². The summed E-state index contributed by atoms with van der Waals surface area (Å²) in [5, 5.41) is 11.7. The van der Waals surface area contributed by atoms with Crippen molar-refractivity contribution in [1.82, 2.24) is 9.97 Å². The quantitative estimate of drug-likeness (QED) is 0.0742. The maximum absolute atomic E-state index is 11.5. The Hall–Kier alpha value is -4.72. The Bertz CT molecular complexity index is 2520. The largest absolute Gasteiger partial charge is 0.501 e. The molecule has 8 heteroatoms. The monoisotopic (exact) mass is 914 g/mol. The number of fused-ring (bicyclic) bond motifs is 3. The van der Waals surface area contributed by atoms with Crippen LogP contribution in [0.3, 0.4) is 0 Å². The molecule has 0 aliphatic heterocycles. The molecule has 0 saturated carbocycles. The first kappa shape index (κ1) is 36.3. The number of benzene rings is 4. The van der Waals surface area contributed by atoms with E-state index in [1.807, 2.05) is 95.4 Å². The molecule has 54 heavy (non-hydrogen) atoms. The molecule has 4 aromatic carbocycles. The maximum Gasteiger partial charge on any atom is 0.372 e. The topological polar surface area (TPSA) is 85.5 Å². The molecule has 0 saturated heterocycles. The van der Waals surface area contributed by atoms with Gasteiger partial charge >= 0.3 is 5.97 Å². The molecule has 0 fully saturated rings. The Morgan fingerprint density at radius 1 is 0.907 bits per heavy atom. The van der Waals surface area contributed by atoms with Crippen LogP contribution in [-0.4, -0.2) is 29.3 Å². The molecule has 1 radical (unpaired) electrons. The number of hydrogen-bond donors (Lipinski definition) is 1. The minimum atomic E-state index is -1.55. The molecule has 7 aromatic rings. The van der Waals surface area contributed by atoms with Gasteiger partial charge in [0.1, 0.15) is 5.58 Å². The summed E-state index contributed by atoms with van der Waals surface area (Å²) in [4.78, 5) is 24.4. The van der Waals surface area contributed by atoms with Crippen molar-refractivity contribution >= 4 is 41.2 Å². The van der Waals surface area contributed by atoms with Gasteiger partial charge in [-0.1, -0.05) is 107 Å². The van der Waals surface area contributed by atoms with Crippen LogP contribution in [0.5, 0.6) is 0 Å². The molecule has 0 aliphatic rings. The number of rotatable bonds is 7. The number of carbonyl (C=O) groups is 1. The van der Waals surface area contributed by atoms with E-state index < -0.39 is 31.7 Å². The summed E-state index contributed by atoms with van der Waals surface area (Å²) >= 11 is 0. The average Bonchev–Trinajstić information content (AvgIpc) is 3.55. The van der Waals surface area contributed by atoms with Gasteiger partial charge in [-0.15, -0.1) is 54.1 Å². The van der Waals surface area contributed by atoms with Gasteiger partial charge in [-0.25, -0.2) is 4.79 Å².